The summed E-state index contributed by atoms with van der Waals surface area (Å²) in [6.07, 6.45) is 1.36. The summed E-state index contributed by atoms with van der Waals surface area (Å²) in [7, 11) is 1.59. The first-order chi connectivity index (χ1) is 16.1. The smallest absolute Gasteiger partial charge is 0.254 e. The molecule has 0 radical (unpaired) electrons. The number of carbonyl (C=O) groups is 2. The average molecular weight is 450 g/mol. The fourth-order valence-electron chi connectivity index (χ4n) is 3.56. The lowest BCUT2D eigenvalue weighted by Crippen LogP contribution is -2.40. The molecule has 33 heavy (non-hydrogen) atoms. The molecule has 9 nitrogen and oxygen atoms in total. The predicted octanol–water partition coefficient (Wildman–Crippen LogP) is 3.18. The van der Waals surface area contributed by atoms with Gasteiger partial charge in [0.05, 0.1) is 25.9 Å². The number of anilines is 1. The number of ether oxygens (including phenoxy) is 2. The van der Waals surface area contributed by atoms with Crippen LogP contribution in [0.1, 0.15) is 29.1 Å². The van der Waals surface area contributed by atoms with E-state index >= 15 is 0 Å². The minimum atomic E-state index is -0.119. The third kappa shape index (κ3) is 5.75. The number of amides is 2. The molecule has 9 heteroatoms. The molecule has 0 spiro atoms. The largest absolute Gasteiger partial charge is 0.496 e. The quantitative estimate of drug-likeness (QED) is 0.562. The van der Waals surface area contributed by atoms with Gasteiger partial charge in [0, 0.05) is 37.2 Å². The van der Waals surface area contributed by atoms with Crippen LogP contribution >= 0.6 is 0 Å². The number of hydrogen-bond donors (Lipinski definition) is 1. The number of morpholine rings is 1. The zero-order valence-electron chi connectivity index (χ0n) is 18.5. The van der Waals surface area contributed by atoms with Crippen molar-refractivity contribution < 1.29 is 23.6 Å². The number of para-hydroxylation sites is 1. The lowest BCUT2D eigenvalue weighted by molar-refractivity contribution is -0.116. The van der Waals surface area contributed by atoms with Crippen LogP contribution in [0.25, 0.3) is 11.4 Å². The van der Waals surface area contributed by atoms with E-state index in [1.807, 2.05) is 24.3 Å². The van der Waals surface area contributed by atoms with Crippen molar-refractivity contribution in [1.82, 2.24) is 15.0 Å². The molecule has 1 aliphatic heterocycles. The molecule has 0 unspecified atom stereocenters. The van der Waals surface area contributed by atoms with Gasteiger partial charge in [-0.2, -0.15) is 4.98 Å². The van der Waals surface area contributed by atoms with Crippen LogP contribution in [0, 0.1) is 0 Å². The van der Waals surface area contributed by atoms with Crippen LogP contribution in [0.2, 0.25) is 0 Å². The van der Waals surface area contributed by atoms with Gasteiger partial charge in [-0.3, -0.25) is 9.59 Å². The Kier molecular flexibility index (Phi) is 7.31. The maximum Gasteiger partial charge on any atom is 0.254 e. The van der Waals surface area contributed by atoms with Crippen molar-refractivity contribution in [3.05, 3.63) is 60.0 Å². The lowest BCUT2D eigenvalue weighted by Gasteiger charge is -2.26. The Hall–Kier alpha value is -3.72. The zero-order chi connectivity index (χ0) is 23.0. The van der Waals surface area contributed by atoms with Gasteiger partial charge in [-0.1, -0.05) is 17.3 Å². The second kappa shape index (κ2) is 10.7. The summed E-state index contributed by atoms with van der Waals surface area (Å²) < 4.78 is 15.9. The Balaban J connectivity index is 1.24. The Morgan fingerprint density at radius 1 is 1.09 bits per heavy atom. The molecule has 172 valence electrons. The highest BCUT2D eigenvalue weighted by atomic mass is 16.5. The summed E-state index contributed by atoms with van der Waals surface area (Å²) in [4.78, 5) is 31.0. The maximum atomic E-state index is 12.5. The number of nitrogens with one attached hydrogen (secondary N) is 1. The summed E-state index contributed by atoms with van der Waals surface area (Å²) in [5, 5.41) is 6.87. The van der Waals surface area contributed by atoms with Crippen molar-refractivity contribution in [2.45, 2.75) is 19.3 Å². The summed E-state index contributed by atoms with van der Waals surface area (Å²) in [6.45, 7) is 2.31. The SMILES string of the molecule is COc1ccccc1-c1noc(CCCC(=O)Nc2ccc(C(=O)N3CCOCC3)cc2)n1. The van der Waals surface area contributed by atoms with Crippen molar-refractivity contribution in [3.8, 4) is 17.1 Å². The molecule has 0 saturated carbocycles. The van der Waals surface area contributed by atoms with Crippen LogP contribution in [-0.2, 0) is 16.0 Å². The highest BCUT2D eigenvalue weighted by Crippen LogP contribution is 2.27. The molecule has 4 rings (SSSR count). The minimum absolute atomic E-state index is 0.0248. The van der Waals surface area contributed by atoms with Gasteiger partial charge in [0.25, 0.3) is 5.91 Å². The van der Waals surface area contributed by atoms with E-state index in [4.69, 9.17) is 14.0 Å². The number of benzene rings is 2. The van der Waals surface area contributed by atoms with E-state index < -0.39 is 0 Å². The Labute approximate surface area is 191 Å². The van der Waals surface area contributed by atoms with Gasteiger partial charge in [-0.05, 0) is 42.8 Å². The Morgan fingerprint density at radius 3 is 2.61 bits per heavy atom. The molecule has 1 fully saturated rings. The number of nitrogens with zero attached hydrogens (tertiary/aromatic N) is 3. The van der Waals surface area contributed by atoms with Gasteiger partial charge < -0.3 is 24.2 Å². The van der Waals surface area contributed by atoms with Gasteiger partial charge in [0.15, 0.2) is 0 Å². The minimum Gasteiger partial charge on any atom is -0.496 e. The number of hydrogen-bond acceptors (Lipinski definition) is 7. The third-order valence-corrected chi connectivity index (χ3v) is 5.32. The molecule has 1 saturated heterocycles. The first-order valence-electron chi connectivity index (χ1n) is 10.9. The third-order valence-electron chi connectivity index (χ3n) is 5.32. The fourth-order valence-corrected chi connectivity index (χ4v) is 3.56. The van der Waals surface area contributed by atoms with E-state index in [1.54, 1.807) is 36.3 Å². The van der Waals surface area contributed by atoms with Crippen molar-refractivity contribution in [3.63, 3.8) is 0 Å². The van der Waals surface area contributed by atoms with Gasteiger partial charge in [0.1, 0.15) is 5.75 Å². The molecule has 1 N–H and O–H groups in total. The molecule has 0 aliphatic carbocycles. The number of carbonyl (C=O) groups excluding carboxylic acids is 2. The standard InChI is InChI=1S/C24H26N4O5/c1-31-20-6-3-2-5-19(20)23-26-22(33-27-23)8-4-7-21(29)25-18-11-9-17(10-12-18)24(30)28-13-15-32-16-14-28/h2-3,5-6,9-12H,4,7-8,13-16H2,1H3,(H,25,29). The Morgan fingerprint density at radius 2 is 1.85 bits per heavy atom. The van der Waals surface area contributed by atoms with Crippen molar-refractivity contribution in [2.75, 3.05) is 38.7 Å². The van der Waals surface area contributed by atoms with Crippen molar-refractivity contribution >= 4 is 17.5 Å². The van der Waals surface area contributed by atoms with E-state index in [9.17, 15) is 9.59 Å². The van der Waals surface area contributed by atoms with Gasteiger partial charge >= 0.3 is 0 Å². The molecular weight excluding hydrogens is 424 g/mol. The van der Waals surface area contributed by atoms with E-state index in [2.05, 4.69) is 15.5 Å². The van der Waals surface area contributed by atoms with Crippen LogP contribution in [0.4, 0.5) is 5.69 Å². The van der Waals surface area contributed by atoms with Crippen molar-refractivity contribution in [2.24, 2.45) is 0 Å². The normalized spacial score (nSPS) is 13.5. The molecule has 2 amide bonds. The molecule has 1 aromatic heterocycles. The van der Waals surface area contributed by atoms with Crippen LogP contribution in [-0.4, -0.2) is 60.3 Å². The van der Waals surface area contributed by atoms with Crippen LogP contribution in [0.5, 0.6) is 5.75 Å². The van der Waals surface area contributed by atoms with E-state index in [0.717, 1.165) is 5.56 Å². The van der Waals surface area contributed by atoms with E-state index in [-0.39, 0.29) is 11.8 Å². The lowest BCUT2D eigenvalue weighted by atomic mass is 10.1. The molecule has 1 aliphatic rings. The molecule has 2 heterocycles. The van der Waals surface area contributed by atoms with E-state index in [1.165, 1.54) is 0 Å². The van der Waals surface area contributed by atoms with Crippen molar-refractivity contribution in [1.29, 1.82) is 0 Å². The van der Waals surface area contributed by atoms with Crippen LogP contribution < -0.4 is 10.1 Å². The second-order valence-corrected chi connectivity index (χ2v) is 7.60. The molecular formula is C24H26N4O5. The maximum absolute atomic E-state index is 12.5. The molecule has 3 aromatic rings. The summed E-state index contributed by atoms with van der Waals surface area (Å²) in [5.41, 5.74) is 2.00. The average Bonchev–Trinajstić information content (AvgIpc) is 3.33. The summed E-state index contributed by atoms with van der Waals surface area (Å²) >= 11 is 0. The number of rotatable bonds is 8. The highest BCUT2D eigenvalue weighted by molar-refractivity contribution is 5.95. The number of aryl methyl sites for hydroxylation is 1. The van der Waals surface area contributed by atoms with E-state index in [0.29, 0.717) is 74.3 Å². The first kappa shape index (κ1) is 22.5. The second-order valence-electron chi connectivity index (χ2n) is 7.60. The van der Waals surface area contributed by atoms with Gasteiger partial charge in [0.2, 0.25) is 17.6 Å². The topological polar surface area (TPSA) is 107 Å². The van der Waals surface area contributed by atoms with Crippen LogP contribution in [0.3, 0.4) is 0 Å². The molecule has 0 atom stereocenters. The predicted molar refractivity (Wildman–Crippen MR) is 121 cm³/mol. The summed E-state index contributed by atoms with van der Waals surface area (Å²) in [5.74, 6) is 1.45. The number of aromatic nitrogens is 2. The number of methoxy groups -OCH3 is 1. The zero-order valence-corrected chi connectivity index (χ0v) is 18.5. The fraction of sp³-hybridized carbons (Fsp3) is 0.333. The Bertz CT molecular complexity index is 1090. The summed E-state index contributed by atoms with van der Waals surface area (Å²) in [6, 6.07) is 14.4. The highest BCUT2D eigenvalue weighted by Gasteiger charge is 2.18. The monoisotopic (exact) mass is 450 g/mol. The van der Waals surface area contributed by atoms with Crippen LogP contribution in [0.15, 0.2) is 53.1 Å². The molecule has 2 aromatic carbocycles. The van der Waals surface area contributed by atoms with Gasteiger partial charge in [-0.15, -0.1) is 0 Å². The molecule has 0 bridgehead atoms. The van der Waals surface area contributed by atoms with Gasteiger partial charge in [-0.25, -0.2) is 0 Å². The first-order valence-corrected chi connectivity index (χ1v) is 10.9.